The summed E-state index contributed by atoms with van der Waals surface area (Å²) in [5.74, 6) is -0.0250. The third-order valence-corrected chi connectivity index (χ3v) is 4.57. The van der Waals surface area contributed by atoms with Gasteiger partial charge in [0.2, 0.25) is 0 Å². The van der Waals surface area contributed by atoms with E-state index in [2.05, 4.69) is 15.6 Å². The number of carbonyl (C=O) groups is 1. The van der Waals surface area contributed by atoms with E-state index in [1.807, 2.05) is 30.3 Å². The summed E-state index contributed by atoms with van der Waals surface area (Å²) in [5.41, 5.74) is 0.507. The van der Waals surface area contributed by atoms with E-state index in [0.29, 0.717) is 24.5 Å². The van der Waals surface area contributed by atoms with Crippen LogP contribution in [0.4, 0.5) is 13.2 Å². The van der Waals surface area contributed by atoms with Gasteiger partial charge in [0.05, 0.1) is 19.8 Å². The number of alkyl halides is 3. The fraction of sp³-hybridized carbons (Fsp3) is 0.316. The number of amides is 1. The number of nitrogens with zero attached hydrogens (tertiary/aromatic N) is 3. The Morgan fingerprint density at radius 1 is 1.24 bits per heavy atom. The van der Waals surface area contributed by atoms with E-state index >= 15 is 0 Å². The quantitative estimate of drug-likeness (QED) is 0.704. The van der Waals surface area contributed by atoms with Crippen molar-refractivity contribution in [1.29, 1.82) is 0 Å². The van der Waals surface area contributed by atoms with Crippen LogP contribution in [0.1, 0.15) is 27.4 Å². The zero-order valence-electron chi connectivity index (χ0n) is 15.2. The van der Waals surface area contributed by atoms with Gasteiger partial charge in [0.1, 0.15) is 0 Å². The van der Waals surface area contributed by atoms with Crippen LogP contribution < -0.4 is 5.32 Å². The third-order valence-electron chi connectivity index (χ3n) is 4.57. The molecule has 0 unspecified atom stereocenters. The first-order valence-corrected chi connectivity index (χ1v) is 8.97. The average molecular weight is 406 g/mol. The third kappa shape index (κ3) is 4.02. The second kappa shape index (κ2) is 7.70. The molecule has 1 amide bonds. The molecule has 0 saturated heterocycles. The zero-order valence-corrected chi connectivity index (χ0v) is 15.2. The predicted octanol–water partition coefficient (Wildman–Crippen LogP) is 3.06. The number of hydrogen-bond acceptors (Lipinski definition) is 5. The number of rotatable bonds is 5. The van der Waals surface area contributed by atoms with Gasteiger partial charge in [-0.25, -0.2) is 0 Å². The van der Waals surface area contributed by atoms with Gasteiger partial charge in [-0.1, -0.05) is 35.5 Å². The number of hydrogen-bond donors (Lipinski definition) is 1. The topological polar surface area (TPSA) is 82.2 Å². The molecule has 29 heavy (non-hydrogen) atoms. The van der Waals surface area contributed by atoms with Gasteiger partial charge in [0, 0.05) is 35.9 Å². The van der Waals surface area contributed by atoms with Crippen LogP contribution in [0.25, 0.3) is 11.3 Å². The summed E-state index contributed by atoms with van der Waals surface area (Å²) in [6.07, 6.45) is -4.20. The van der Waals surface area contributed by atoms with Crippen molar-refractivity contribution < 1.29 is 27.2 Å². The number of aromatic nitrogens is 3. The van der Waals surface area contributed by atoms with Gasteiger partial charge in [0.15, 0.2) is 17.1 Å². The van der Waals surface area contributed by atoms with Gasteiger partial charge >= 0.3 is 6.18 Å². The van der Waals surface area contributed by atoms with Crippen molar-refractivity contribution >= 4 is 5.91 Å². The molecule has 152 valence electrons. The first-order chi connectivity index (χ1) is 13.9. The van der Waals surface area contributed by atoms with Gasteiger partial charge in [-0.05, 0) is 0 Å². The van der Waals surface area contributed by atoms with Crippen LogP contribution in [0, 0.1) is 0 Å². The van der Waals surface area contributed by atoms with E-state index < -0.39 is 17.8 Å². The molecule has 0 fully saturated rings. The fourth-order valence-electron chi connectivity index (χ4n) is 3.21. The molecule has 1 aromatic carbocycles. The van der Waals surface area contributed by atoms with Gasteiger partial charge in [-0.15, -0.1) is 0 Å². The first-order valence-electron chi connectivity index (χ1n) is 8.97. The molecule has 1 aliphatic rings. The number of halogens is 3. The SMILES string of the molecule is O=C(NCCn1nc(C(F)(F)F)c2c1CCOC2)c1cc(-c2ccccc2)on1. The Bertz CT molecular complexity index is 1010. The Kier molecular flexibility index (Phi) is 5.10. The number of nitrogens with one attached hydrogen (secondary N) is 1. The van der Waals surface area contributed by atoms with E-state index in [-0.39, 0.29) is 31.0 Å². The van der Waals surface area contributed by atoms with Crippen molar-refractivity contribution in [2.45, 2.75) is 25.7 Å². The van der Waals surface area contributed by atoms with E-state index in [9.17, 15) is 18.0 Å². The van der Waals surface area contributed by atoms with Crippen molar-refractivity contribution in [3.63, 3.8) is 0 Å². The highest BCUT2D eigenvalue weighted by molar-refractivity contribution is 5.93. The summed E-state index contributed by atoms with van der Waals surface area (Å²) in [5, 5.41) is 10.1. The number of carbonyl (C=O) groups excluding carboxylic acids is 1. The molecule has 0 aliphatic carbocycles. The Hall–Kier alpha value is -3.14. The summed E-state index contributed by atoms with van der Waals surface area (Å²) >= 11 is 0. The number of fused-ring (bicyclic) bond motifs is 1. The highest BCUT2D eigenvalue weighted by Crippen LogP contribution is 2.34. The lowest BCUT2D eigenvalue weighted by Gasteiger charge is -2.15. The molecule has 1 aliphatic heterocycles. The van der Waals surface area contributed by atoms with Gasteiger partial charge in [-0.2, -0.15) is 18.3 Å². The van der Waals surface area contributed by atoms with Crippen molar-refractivity contribution in [3.8, 4) is 11.3 Å². The minimum Gasteiger partial charge on any atom is -0.376 e. The standard InChI is InChI=1S/C19H17F3N4O3/c20-19(21,22)17-13-11-28-9-6-15(13)26(24-17)8-7-23-18(27)14-10-16(29-25-14)12-4-2-1-3-5-12/h1-5,10H,6-9,11H2,(H,23,27). The summed E-state index contributed by atoms with van der Waals surface area (Å²) < 4.78 is 51.2. The lowest BCUT2D eigenvalue weighted by Crippen LogP contribution is -2.28. The molecule has 0 spiro atoms. The normalized spacial score (nSPS) is 13.9. The second-order valence-corrected chi connectivity index (χ2v) is 6.50. The highest BCUT2D eigenvalue weighted by atomic mass is 19.4. The van der Waals surface area contributed by atoms with Gasteiger partial charge in [0.25, 0.3) is 5.91 Å². The molecule has 2 aromatic heterocycles. The van der Waals surface area contributed by atoms with Crippen LogP contribution in [0.2, 0.25) is 0 Å². The molecule has 0 bridgehead atoms. The zero-order chi connectivity index (χ0) is 20.4. The van der Waals surface area contributed by atoms with Gasteiger partial charge in [-0.3, -0.25) is 9.48 Å². The Morgan fingerprint density at radius 3 is 2.79 bits per heavy atom. The predicted molar refractivity (Wildman–Crippen MR) is 94.9 cm³/mol. The van der Waals surface area contributed by atoms with Crippen LogP contribution >= 0.6 is 0 Å². The monoisotopic (exact) mass is 406 g/mol. The molecule has 0 radical (unpaired) electrons. The molecule has 3 aromatic rings. The molecular weight excluding hydrogens is 389 g/mol. The van der Waals surface area contributed by atoms with E-state index in [1.165, 1.54) is 10.7 Å². The number of benzene rings is 1. The van der Waals surface area contributed by atoms with Crippen molar-refractivity contribution in [3.05, 3.63) is 59.0 Å². The maximum absolute atomic E-state index is 13.2. The van der Waals surface area contributed by atoms with E-state index in [4.69, 9.17) is 9.26 Å². The maximum Gasteiger partial charge on any atom is 0.435 e. The largest absolute Gasteiger partial charge is 0.435 e. The Labute approximate surface area is 163 Å². The summed E-state index contributed by atoms with van der Waals surface area (Å²) in [4.78, 5) is 12.3. The van der Waals surface area contributed by atoms with E-state index in [0.717, 1.165) is 5.56 Å². The van der Waals surface area contributed by atoms with Crippen molar-refractivity contribution in [2.24, 2.45) is 0 Å². The van der Waals surface area contributed by atoms with Crippen LogP contribution in [-0.2, 0) is 30.5 Å². The van der Waals surface area contributed by atoms with Crippen molar-refractivity contribution in [1.82, 2.24) is 20.3 Å². The molecule has 10 heteroatoms. The van der Waals surface area contributed by atoms with Crippen LogP contribution in [-0.4, -0.2) is 34.0 Å². The maximum atomic E-state index is 13.2. The fourth-order valence-corrected chi connectivity index (χ4v) is 3.21. The molecule has 0 saturated carbocycles. The molecule has 1 N–H and O–H groups in total. The van der Waals surface area contributed by atoms with Gasteiger partial charge < -0.3 is 14.6 Å². The molecule has 0 atom stereocenters. The van der Waals surface area contributed by atoms with Crippen LogP contribution in [0.3, 0.4) is 0 Å². The lowest BCUT2D eigenvalue weighted by atomic mass is 10.1. The van der Waals surface area contributed by atoms with Crippen LogP contribution in [0.5, 0.6) is 0 Å². The number of ether oxygens (including phenoxy) is 1. The first kappa shape index (κ1) is 19.2. The molecule has 7 nitrogen and oxygen atoms in total. The highest BCUT2D eigenvalue weighted by Gasteiger charge is 2.39. The average Bonchev–Trinajstić information content (AvgIpc) is 3.34. The summed E-state index contributed by atoms with van der Waals surface area (Å²) in [6, 6.07) is 10.7. The Morgan fingerprint density at radius 2 is 2.03 bits per heavy atom. The molecular formula is C19H17F3N4O3. The molecule has 4 rings (SSSR count). The smallest absolute Gasteiger partial charge is 0.376 e. The minimum atomic E-state index is -4.55. The lowest BCUT2D eigenvalue weighted by molar-refractivity contribution is -0.142. The minimum absolute atomic E-state index is 0.0686. The second-order valence-electron chi connectivity index (χ2n) is 6.50. The van der Waals surface area contributed by atoms with Crippen molar-refractivity contribution in [2.75, 3.05) is 13.2 Å². The van der Waals surface area contributed by atoms with Crippen LogP contribution in [0.15, 0.2) is 40.9 Å². The Balaban J connectivity index is 1.41. The molecule has 3 heterocycles. The summed E-state index contributed by atoms with van der Waals surface area (Å²) in [6.45, 7) is 0.424. The summed E-state index contributed by atoms with van der Waals surface area (Å²) in [7, 11) is 0. The van der Waals surface area contributed by atoms with E-state index in [1.54, 1.807) is 0 Å².